The lowest BCUT2D eigenvalue weighted by Gasteiger charge is -2.36. The van der Waals surface area contributed by atoms with Crippen LogP contribution in [0.5, 0.6) is 0 Å². The number of rotatable bonds is 3. The first-order valence-electron chi connectivity index (χ1n) is 5.17. The van der Waals surface area contributed by atoms with E-state index in [4.69, 9.17) is 0 Å². The molecule has 1 aliphatic rings. The van der Waals surface area contributed by atoms with E-state index < -0.39 is 0 Å². The van der Waals surface area contributed by atoms with E-state index in [9.17, 15) is 9.90 Å². The zero-order valence-corrected chi connectivity index (χ0v) is 9.10. The van der Waals surface area contributed by atoms with Crippen molar-refractivity contribution in [3.05, 3.63) is 41.9 Å². The predicted octanol–water partition coefficient (Wildman–Crippen LogP) is 1.12. The van der Waals surface area contributed by atoms with E-state index in [-0.39, 0.29) is 23.6 Å². The van der Waals surface area contributed by atoms with Gasteiger partial charge in [0.1, 0.15) is 5.76 Å². The molecule has 1 amide bonds. The van der Waals surface area contributed by atoms with Gasteiger partial charge >= 0.3 is 0 Å². The topological polar surface area (TPSA) is 62.2 Å². The summed E-state index contributed by atoms with van der Waals surface area (Å²) < 4.78 is 0. The number of aromatic nitrogens is 1. The molecule has 1 saturated heterocycles. The van der Waals surface area contributed by atoms with Gasteiger partial charge in [0.2, 0.25) is 5.91 Å². The fraction of sp³-hybridized carbons (Fsp3) is 0.333. The molecule has 0 bridgehead atoms. The van der Waals surface area contributed by atoms with Crippen LogP contribution in [0.2, 0.25) is 0 Å². The highest BCUT2D eigenvalue weighted by Gasteiger charge is 2.40. The van der Waals surface area contributed by atoms with E-state index >= 15 is 0 Å². The molecule has 4 heteroatoms. The number of aliphatic hydroxyl groups excluding tert-OH is 1. The van der Waals surface area contributed by atoms with Crippen molar-refractivity contribution in [1.82, 2.24) is 10.3 Å². The van der Waals surface area contributed by atoms with Crippen LogP contribution in [0.4, 0.5) is 0 Å². The number of carbonyl (C=O) groups is 1. The summed E-state index contributed by atoms with van der Waals surface area (Å²) in [7, 11) is 0. The van der Waals surface area contributed by atoms with Gasteiger partial charge in [-0.25, -0.2) is 0 Å². The van der Waals surface area contributed by atoms with Crippen LogP contribution in [-0.2, 0) is 11.2 Å². The van der Waals surface area contributed by atoms with Gasteiger partial charge in [-0.2, -0.15) is 0 Å². The highest BCUT2D eigenvalue weighted by Crippen LogP contribution is 2.23. The first-order chi connectivity index (χ1) is 7.58. The van der Waals surface area contributed by atoms with Gasteiger partial charge in [-0.15, -0.1) is 0 Å². The second-order valence-electron chi connectivity index (χ2n) is 4.09. The van der Waals surface area contributed by atoms with Gasteiger partial charge in [0, 0.05) is 11.9 Å². The second-order valence-corrected chi connectivity index (χ2v) is 4.09. The molecule has 2 atom stereocenters. The molecule has 0 radical (unpaired) electrons. The summed E-state index contributed by atoms with van der Waals surface area (Å²) in [6.07, 6.45) is 2.34. The fourth-order valence-corrected chi connectivity index (χ4v) is 1.93. The lowest BCUT2D eigenvalue weighted by Crippen LogP contribution is -2.59. The maximum atomic E-state index is 11.4. The summed E-state index contributed by atoms with van der Waals surface area (Å²) in [5.41, 5.74) is 1.98. The molecular formula is C12H14N2O2. The van der Waals surface area contributed by atoms with Crippen molar-refractivity contribution in [2.75, 3.05) is 0 Å². The van der Waals surface area contributed by atoms with Crippen LogP contribution >= 0.6 is 0 Å². The summed E-state index contributed by atoms with van der Waals surface area (Å²) in [5, 5.41) is 11.9. The Hall–Kier alpha value is -1.84. The van der Waals surface area contributed by atoms with Crippen molar-refractivity contribution >= 4 is 5.91 Å². The number of hydrogen-bond acceptors (Lipinski definition) is 3. The van der Waals surface area contributed by atoms with Crippen molar-refractivity contribution in [1.29, 1.82) is 0 Å². The normalized spacial score (nSPS) is 23.4. The van der Waals surface area contributed by atoms with Crippen molar-refractivity contribution in [3.63, 3.8) is 0 Å². The zero-order chi connectivity index (χ0) is 11.7. The molecule has 2 N–H and O–H groups in total. The van der Waals surface area contributed by atoms with Crippen molar-refractivity contribution < 1.29 is 9.90 Å². The molecule has 2 heterocycles. The number of amides is 1. The van der Waals surface area contributed by atoms with Crippen LogP contribution in [0.3, 0.4) is 0 Å². The van der Waals surface area contributed by atoms with Crippen LogP contribution in [0, 0.1) is 12.8 Å². The van der Waals surface area contributed by atoms with Crippen molar-refractivity contribution in [2.24, 2.45) is 5.92 Å². The third-order valence-corrected chi connectivity index (χ3v) is 2.81. The Morgan fingerprint density at radius 3 is 3.00 bits per heavy atom. The average molecular weight is 218 g/mol. The lowest BCUT2D eigenvalue weighted by atomic mass is 9.84. The van der Waals surface area contributed by atoms with E-state index in [1.807, 2.05) is 19.1 Å². The molecule has 0 aromatic carbocycles. The third kappa shape index (κ3) is 1.91. The maximum absolute atomic E-state index is 11.4. The van der Waals surface area contributed by atoms with Crippen molar-refractivity contribution in [2.45, 2.75) is 19.4 Å². The molecule has 2 rings (SSSR count). The number of nitrogens with zero attached hydrogens (tertiary/aromatic N) is 1. The molecule has 0 spiro atoms. The zero-order valence-electron chi connectivity index (χ0n) is 9.10. The van der Waals surface area contributed by atoms with E-state index in [0.29, 0.717) is 6.42 Å². The van der Waals surface area contributed by atoms with Crippen LogP contribution in [0.15, 0.2) is 30.7 Å². The number of hydrogen-bond donors (Lipinski definition) is 2. The second kappa shape index (κ2) is 3.96. The molecule has 84 valence electrons. The fourth-order valence-electron chi connectivity index (χ4n) is 1.93. The third-order valence-electron chi connectivity index (χ3n) is 2.81. The maximum Gasteiger partial charge on any atom is 0.226 e. The summed E-state index contributed by atoms with van der Waals surface area (Å²) in [4.78, 5) is 15.5. The average Bonchev–Trinajstić information content (AvgIpc) is 2.22. The molecule has 0 saturated carbocycles. The molecule has 0 unspecified atom stereocenters. The molecule has 4 nitrogen and oxygen atoms in total. The number of aryl methyl sites for hydroxylation is 1. The quantitative estimate of drug-likeness (QED) is 0.590. The molecule has 0 aliphatic carbocycles. The van der Waals surface area contributed by atoms with Gasteiger partial charge < -0.3 is 10.4 Å². The van der Waals surface area contributed by atoms with E-state index in [1.54, 1.807) is 6.20 Å². The predicted molar refractivity (Wildman–Crippen MR) is 59.9 cm³/mol. The smallest absolute Gasteiger partial charge is 0.226 e. The van der Waals surface area contributed by atoms with E-state index in [0.717, 1.165) is 11.3 Å². The first-order valence-corrected chi connectivity index (χ1v) is 5.17. The summed E-state index contributed by atoms with van der Waals surface area (Å²) in [6, 6.07) is 3.53. The Bertz CT molecular complexity index is 442. The summed E-state index contributed by atoms with van der Waals surface area (Å²) in [5.74, 6) is -0.218. The first kappa shape index (κ1) is 10.7. The van der Waals surface area contributed by atoms with Crippen molar-refractivity contribution in [3.8, 4) is 0 Å². The van der Waals surface area contributed by atoms with Gasteiger partial charge in [-0.3, -0.25) is 9.78 Å². The number of β-lactam (4-membered cyclic amide) rings is 1. The highest BCUT2D eigenvalue weighted by molar-refractivity contribution is 5.87. The van der Waals surface area contributed by atoms with Gasteiger partial charge in [0.25, 0.3) is 0 Å². The summed E-state index contributed by atoms with van der Waals surface area (Å²) >= 11 is 0. The Morgan fingerprint density at radius 1 is 1.69 bits per heavy atom. The Kier molecular flexibility index (Phi) is 2.64. The van der Waals surface area contributed by atoms with Gasteiger partial charge in [0.15, 0.2) is 0 Å². The van der Waals surface area contributed by atoms with E-state index in [1.165, 1.54) is 0 Å². The molecule has 1 aliphatic heterocycles. The minimum absolute atomic E-state index is 0.0235. The van der Waals surface area contributed by atoms with Crippen LogP contribution in [0.1, 0.15) is 11.3 Å². The molecule has 1 fully saturated rings. The van der Waals surface area contributed by atoms with Crippen LogP contribution < -0.4 is 5.32 Å². The Labute approximate surface area is 94.0 Å². The summed E-state index contributed by atoms with van der Waals surface area (Å²) in [6.45, 7) is 5.36. The highest BCUT2D eigenvalue weighted by atomic mass is 16.3. The van der Waals surface area contributed by atoms with Gasteiger partial charge in [-0.05, 0) is 31.0 Å². The number of carbonyl (C=O) groups excluding carboxylic acids is 1. The molecule has 16 heavy (non-hydrogen) atoms. The minimum atomic E-state index is -0.305. The van der Waals surface area contributed by atoms with Gasteiger partial charge in [0.05, 0.1) is 12.0 Å². The van der Waals surface area contributed by atoms with E-state index in [2.05, 4.69) is 16.9 Å². The van der Waals surface area contributed by atoms with Crippen LogP contribution in [0.25, 0.3) is 0 Å². The van der Waals surface area contributed by atoms with Crippen LogP contribution in [-0.4, -0.2) is 22.0 Å². The molecule has 1 aromatic heterocycles. The Balaban J connectivity index is 2.09. The lowest BCUT2D eigenvalue weighted by molar-refractivity contribution is -0.134. The largest absolute Gasteiger partial charge is 0.511 e. The minimum Gasteiger partial charge on any atom is -0.511 e. The molecular weight excluding hydrogens is 204 g/mol. The molecule has 1 aromatic rings. The monoisotopic (exact) mass is 218 g/mol. The number of aliphatic hydroxyl groups is 1. The number of pyridine rings is 1. The van der Waals surface area contributed by atoms with Gasteiger partial charge in [-0.1, -0.05) is 6.58 Å². The Morgan fingerprint density at radius 2 is 2.44 bits per heavy atom. The SMILES string of the molecule is C=C(O)[C@H]1NC(=O)[C@@H]1Cc1ccnc(C)c1. The number of nitrogens with one attached hydrogen (secondary N) is 1. The standard InChI is InChI=1S/C12H14N2O2/c1-7-5-9(3-4-13-7)6-10-11(8(2)15)14-12(10)16/h3-5,10-11,15H,2,6H2,1H3,(H,14,16)/t10-,11-/m1/s1.